The summed E-state index contributed by atoms with van der Waals surface area (Å²) in [5.41, 5.74) is 0. The van der Waals surface area contributed by atoms with Crippen molar-refractivity contribution in [3.05, 3.63) is 44.3 Å². The summed E-state index contributed by atoms with van der Waals surface area (Å²) in [6.07, 6.45) is 9.23. The number of ether oxygens (including phenoxy) is 1. The van der Waals surface area contributed by atoms with Crippen molar-refractivity contribution in [2.45, 2.75) is 32.3 Å². The maximum Gasteiger partial charge on any atom is 0 e. The Morgan fingerprint density at radius 3 is 2.05 bits per heavy atom. The molecular weight excluding hydrogens is 320 g/mol. The summed E-state index contributed by atoms with van der Waals surface area (Å²) in [4.78, 5) is 10.6. The molecule has 0 aliphatic rings. The molecule has 6 nitrogen and oxygen atoms in total. The van der Waals surface area contributed by atoms with Gasteiger partial charge in [0.2, 0.25) is 0 Å². The van der Waals surface area contributed by atoms with Gasteiger partial charge in [0.1, 0.15) is 0 Å². The van der Waals surface area contributed by atoms with E-state index in [4.69, 9.17) is 19.1 Å². The minimum Gasteiger partial charge on any atom is 0 e. The van der Waals surface area contributed by atoms with Gasteiger partial charge < -0.3 is 9.84 Å². The van der Waals surface area contributed by atoms with Gasteiger partial charge in [-0.1, -0.05) is 18.2 Å². The van der Waals surface area contributed by atoms with Gasteiger partial charge >= 0.3 is 39.9 Å². The second kappa shape index (κ2) is 36.3. The fourth-order valence-corrected chi connectivity index (χ4v) is 0.908. The average Bonchev–Trinajstić information content (AvgIpc) is 2.51. The van der Waals surface area contributed by atoms with Gasteiger partial charge in [0.25, 0.3) is 0 Å². The second-order valence-electron chi connectivity index (χ2n) is 3.09. The standard InChI is InChI=1S/C11H18O3.3CO.Fe/c1-10(12)8-6-4-3-5-7-9-11(13)14-2;3*1-2;/h3,5,7,9-10,12H,4,6,8H2,1-2H3;;;;/b5-3+,9-7+;;;;/t10-;;;;/m1..../s1. The van der Waals surface area contributed by atoms with E-state index >= 15 is 0 Å². The van der Waals surface area contributed by atoms with Crippen molar-refractivity contribution in [1.82, 2.24) is 0 Å². The zero-order valence-electron chi connectivity index (χ0n) is 11.9. The third-order valence-corrected chi connectivity index (χ3v) is 1.67. The number of hydrogen-bond acceptors (Lipinski definition) is 3. The number of methoxy groups -OCH3 is 1. The molecule has 0 amide bonds. The summed E-state index contributed by atoms with van der Waals surface area (Å²) in [7, 11) is 1.35. The van der Waals surface area contributed by atoms with Crippen LogP contribution >= 0.6 is 0 Å². The number of aliphatic hydroxyl groups is 1. The topological polar surface area (TPSA) is 106 Å². The van der Waals surface area contributed by atoms with Crippen LogP contribution in [0.2, 0.25) is 0 Å². The Balaban J connectivity index is -0.000000107. The van der Waals surface area contributed by atoms with E-state index in [1.807, 2.05) is 6.08 Å². The predicted molar refractivity (Wildman–Crippen MR) is 67.6 cm³/mol. The summed E-state index contributed by atoms with van der Waals surface area (Å²) < 4.78 is 26.9. The first-order valence-corrected chi connectivity index (χ1v) is 5.37. The number of carbonyl (C=O) groups is 1. The van der Waals surface area contributed by atoms with E-state index in [2.05, 4.69) is 24.7 Å². The van der Waals surface area contributed by atoms with Crippen molar-refractivity contribution in [2.24, 2.45) is 0 Å². The van der Waals surface area contributed by atoms with Crippen LogP contribution in [0.1, 0.15) is 26.2 Å². The van der Waals surface area contributed by atoms with Crippen LogP contribution in [0.4, 0.5) is 0 Å². The first-order valence-electron chi connectivity index (χ1n) is 5.37. The molecule has 0 unspecified atom stereocenters. The summed E-state index contributed by atoms with van der Waals surface area (Å²) >= 11 is 0. The Morgan fingerprint density at radius 2 is 1.67 bits per heavy atom. The van der Waals surface area contributed by atoms with Crippen LogP contribution in [0.5, 0.6) is 0 Å². The fraction of sp³-hybridized carbons (Fsp3) is 0.429. The Labute approximate surface area is 135 Å². The zero-order chi connectivity index (χ0) is 16.8. The minimum atomic E-state index is -0.348. The van der Waals surface area contributed by atoms with E-state index < -0.39 is 0 Å². The van der Waals surface area contributed by atoms with E-state index in [-0.39, 0.29) is 29.1 Å². The van der Waals surface area contributed by atoms with Crippen LogP contribution in [-0.4, -0.2) is 24.3 Å². The number of rotatable bonds is 6. The van der Waals surface area contributed by atoms with E-state index in [0.29, 0.717) is 0 Å². The Hall–Kier alpha value is -1.35. The van der Waals surface area contributed by atoms with Crippen LogP contribution in [0, 0.1) is 20.0 Å². The Morgan fingerprint density at radius 1 is 1.19 bits per heavy atom. The van der Waals surface area contributed by atoms with Crippen molar-refractivity contribution < 1.29 is 45.7 Å². The van der Waals surface area contributed by atoms with Crippen LogP contribution in [0.25, 0.3) is 0 Å². The van der Waals surface area contributed by atoms with Gasteiger partial charge in [-0.2, -0.15) is 0 Å². The molecule has 0 aromatic heterocycles. The van der Waals surface area contributed by atoms with Gasteiger partial charge in [0.05, 0.1) is 13.2 Å². The molecule has 0 bridgehead atoms. The monoisotopic (exact) mass is 338 g/mol. The van der Waals surface area contributed by atoms with Gasteiger partial charge in [-0.15, -0.1) is 0 Å². The number of carbonyl (C=O) groups excluding carboxylic acids is 1. The molecule has 0 aliphatic carbocycles. The maximum atomic E-state index is 10.6. The molecule has 0 saturated carbocycles. The number of unbranched alkanes of at least 4 members (excludes halogenated alkanes) is 1. The smallest absolute Gasteiger partial charge is 0 e. The van der Waals surface area contributed by atoms with Crippen LogP contribution in [0.15, 0.2) is 24.3 Å². The average molecular weight is 338 g/mol. The number of allylic oxidation sites excluding steroid dienone is 3. The van der Waals surface area contributed by atoms with Gasteiger partial charge in [-0.25, -0.2) is 4.79 Å². The molecule has 1 atom stereocenters. The first kappa shape index (κ1) is 31.8. The zero-order valence-corrected chi connectivity index (χ0v) is 13.0. The summed E-state index contributed by atoms with van der Waals surface area (Å²) in [5.74, 6) is -0.348. The minimum absolute atomic E-state index is 0. The van der Waals surface area contributed by atoms with Crippen molar-refractivity contribution in [1.29, 1.82) is 0 Å². The molecule has 0 heterocycles. The van der Waals surface area contributed by atoms with Crippen molar-refractivity contribution in [2.75, 3.05) is 7.11 Å². The summed E-state index contributed by atoms with van der Waals surface area (Å²) in [5, 5.41) is 8.96. The van der Waals surface area contributed by atoms with E-state index in [9.17, 15) is 4.79 Å². The van der Waals surface area contributed by atoms with Gasteiger partial charge in [0, 0.05) is 23.1 Å². The Kier molecular flexibility index (Phi) is 55.1. The molecule has 118 valence electrons. The number of aliphatic hydroxyl groups excluding tert-OH is 1. The SMILES string of the molecule is COC(=O)/C=C/C=C/CCC[C@@H](C)O.[C-]#[O+].[C-]#[O+].[C-]#[O+].[Fe]. The van der Waals surface area contributed by atoms with Gasteiger partial charge in [0.15, 0.2) is 0 Å². The first-order chi connectivity index (χ1) is 9.66. The van der Waals surface area contributed by atoms with Gasteiger partial charge in [-0.3, -0.25) is 0 Å². The van der Waals surface area contributed by atoms with Gasteiger partial charge in [-0.05, 0) is 26.2 Å². The van der Waals surface area contributed by atoms with Crippen LogP contribution in [-0.2, 0) is 40.6 Å². The predicted octanol–water partition coefficient (Wildman–Crippen LogP) is 1.71. The molecule has 0 aromatic carbocycles. The van der Waals surface area contributed by atoms with Crippen LogP contribution in [0.3, 0.4) is 0 Å². The van der Waals surface area contributed by atoms with Crippen molar-refractivity contribution in [3.8, 4) is 0 Å². The largest absolute Gasteiger partial charge is 0 e. The quantitative estimate of drug-likeness (QED) is 0.151. The van der Waals surface area contributed by atoms with E-state index in [1.54, 1.807) is 19.1 Å². The molecule has 7 heteroatoms. The second-order valence-corrected chi connectivity index (χ2v) is 3.09. The summed E-state index contributed by atoms with van der Waals surface area (Å²) in [6, 6.07) is 0. The normalized spacial score (nSPS) is 9.38. The molecule has 1 N–H and O–H groups in total. The number of esters is 1. The molecular formula is C14H18FeO6. The molecule has 0 saturated heterocycles. The molecule has 0 fully saturated rings. The van der Waals surface area contributed by atoms with Crippen LogP contribution < -0.4 is 0 Å². The molecule has 0 rings (SSSR count). The maximum absolute atomic E-state index is 10.6. The van der Waals surface area contributed by atoms with Crippen molar-refractivity contribution >= 4 is 5.97 Å². The van der Waals surface area contributed by atoms with E-state index in [0.717, 1.165) is 19.3 Å². The molecule has 21 heavy (non-hydrogen) atoms. The molecule has 0 aromatic rings. The molecule has 0 aliphatic heterocycles. The third kappa shape index (κ3) is 45.6. The fourth-order valence-electron chi connectivity index (χ4n) is 0.908. The molecule has 0 spiro atoms. The molecule has 0 radical (unpaired) electrons. The number of hydrogen-bond donors (Lipinski definition) is 1. The third-order valence-electron chi connectivity index (χ3n) is 1.67. The van der Waals surface area contributed by atoms with Crippen molar-refractivity contribution in [3.63, 3.8) is 0 Å². The Bertz CT molecular complexity index is 301. The van der Waals surface area contributed by atoms with E-state index in [1.165, 1.54) is 13.2 Å². The summed E-state index contributed by atoms with van der Waals surface area (Å²) in [6.45, 7) is 15.3.